The topological polar surface area (TPSA) is 70.2 Å². The van der Waals surface area contributed by atoms with Crippen LogP contribution in [0.15, 0.2) is 24.3 Å². The Hall–Kier alpha value is -1.75. The molecular weight excluding hydrogens is 278 g/mol. The van der Waals surface area contributed by atoms with Crippen molar-refractivity contribution in [3.05, 3.63) is 34.9 Å². The number of carbonyl (C=O) groups excluding carboxylic acids is 2. The lowest BCUT2D eigenvalue weighted by Crippen LogP contribution is -2.40. The summed E-state index contributed by atoms with van der Waals surface area (Å²) >= 11 is 5.78. The summed E-state index contributed by atoms with van der Waals surface area (Å²) in [6, 6.07) is 7.03. The van der Waals surface area contributed by atoms with Gasteiger partial charge in [0, 0.05) is 30.6 Å². The highest BCUT2D eigenvalue weighted by Gasteiger charge is 2.28. The third kappa shape index (κ3) is 5.09. The first-order valence-electron chi connectivity index (χ1n) is 6.69. The lowest BCUT2D eigenvalue weighted by atomic mass is 10.2. The summed E-state index contributed by atoms with van der Waals surface area (Å²) < 4.78 is 0. The molecule has 0 bridgehead atoms. The summed E-state index contributed by atoms with van der Waals surface area (Å²) in [6.45, 7) is 1.33. The van der Waals surface area contributed by atoms with Crippen LogP contribution in [0.3, 0.4) is 0 Å². The molecule has 1 aliphatic carbocycles. The van der Waals surface area contributed by atoms with Crippen LogP contribution >= 0.6 is 11.6 Å². The van der Waals surface area contributed by atoms with Gasteiger partial charge in [0.1, 0.15) is 0 Å². The van der Waals surface area contributed by atoms with E-state index >= 15 is 0 Å². The molecule has 1 aromatic carbocycles. The lowest BCUT2D eigenvalue weighted by Gasteiger charge is -2.08. The van der Waals surface area contributed by atoms with Crippen LogP contribution in [0.1, 0.15) is 18.4 Å². The molecule has 0 radical (unpaired) electrons. The van der Waals surface area contributed by atoms with Gasteiger partial charge in [0.05, 0.1) is 0 Å². The molecule has 0 unspecified atom stereocenters. The van der Waals surface area contributed by atoms with E-state index in [1.54, 1.807) is 12.1 Å². The van der Waals surface area contributed by atoms with E-state index in [1.165, 1.54) is 0 Å². The average Bonchev–Trinajstić information content (AvgIpc) is 3.27. The van der Waals surface area contributed by atoms with E-state index < -0.39 is 0 Å². The maximum Gasteiger partial charge on any atom is 0.315 e. The van der Waals surface area contributed by atoms with Crippen molar-refractivity contribution < 1.29 is 9.59 Å². The Morgan fingerprint density at radius 1 is 1.05 bits per heavy atom. The molecular formula is C14H18ClN3O2. The minimum Gasteiger partial charge on any atom is -0.354 e. The van der Waals surface area contributed by atoms with Gasteiger partial charge in [-0.2, -0.15) is 0 Å². The van der Waals surface area contributed by atoms with Crippen LogP contribution in [0, 0.1) is 5.92 Å². The summed E-state index contributed by atoms with van der Waals surface area (Å²) in [4.78, 5) is 22.9. The maximum atomic E-state index is 11.5. The smallest absolute Gasteiger partial charge is 0.315 e. The van der Waals surface area contributed by atoms with Gasteiger partial charge in [-0.15, -0.1) is 0 Å². The molecule has 1 aromatic rings. The molecule has 0 aliphatic heterocycles. The Morgan fingerprint density at radius 3 is 2.35 bits per heavy atom. The summed E-state index contributed by atoms with van der Waals surface area (Å²) in [7, 11) is 0. The Bertz CT molecular complexity index is 472. The van der Waals surface area contributed by atoms with Crippen molar-refractivity contribution in [3.8, 4) is 0 Å². The first-order valence-corrected chi connectivity index (χ1v) is 7.07. The van der Waals surface area contributed by atoms with Crippen LogP contribution in [-0.2, 0) is 11.3 Å². The van der Waals surface area contributed by atoms with E-state index in [0.717, 1.165) is 18.4 Å². The van der Waals surface area contributed by atoms with Gasteiger partial charge in [-0.05, 0) is 30.5 Å². The quantitative estimate of drug-likeness (QED) is 0.699. The number of carbonyl (C=O) groups is 2. The van der Waals surface area contributed by atoms with Crippen molar-refractivity contribution >= 4 is 23.5 Å². The van der Waals surface area contributed by atoms with Gasteiger partial charge >= 0.3 is 6.03 Å². The fourth-order valence-corrected chi connectivity index (χ4v) is 1.82. The van der Waals surface area contributed by atoms with Crippen molar-refractivity contribution in [2.24, 2.45) is 5.92 Å². The standard InChI is InChI=1S/C14H18ClN3O2/c15-12-5-1-10(2-6-12)9-18-14(20)17-8-7-16-13(19)11-3-4-11/h1-2,5-6,11H,3-4,7-9H2,(H,16,19)(H2,17,18,20). The molecule has 1 fully saturated rings. The van der Waals surface area contributed by atoms with Crippen molar-refractivity contribution in [1.29, 1.82) is 0 Å². The predicted molar refractivity (Wildman–Crippen MR) is 77.4 cm³/mol. The van der Waals surface area contributed by atoms with Gasteiger partial charge in [-0.25, -0.2) is 4.79 Å². The van der Waals surface area contributed by atoms with Gasteiger partial charge in [0.25, 0.3) is 0 Å². The number of amides is 3. The van der Waals surface area contributed by atoms with Crippen LogP contribution in [0.5, 0.6) is 0 Å². The number of hydrogen-bond acceptors (Lipinski definition) is 2. The third-order valence-corrected chi connectivity index (χ3v) is 3.28. The van der Waals surface area contributed by atoms with Gasteiger partial charge < -0.3 is 16.0 Å². The Kier molecular flexibility index (Phi) is 5.24. The highest BCUT2D eigenvalue weighted by atomic mass is 35.5. The monoisotopic (exact) mass is 295 g/mol. The largest absolute Gasteiger partial charge is 0.354 e. The molecule has 108 valence electrons. The fourth-order valence-electron chi connectivity index (χ4n) is 1.70. The first-order chi connectivity index (χ1) is 9.65. The van der Waals surface area contributed by atoms with Gasteiger partial charge in [0.15, 0.2) is 0 Å². The lowest BCUT2D eigenvalue weighted by molar-refractivity contribution is -0.122. The second kappa shape index (κ2) is 7.14. The Labute approximate surface area is 123 Å². The van der Waals surface area contributed by atoms with E-state index in [9.17, 15) is 9.59 Å². The Morgan fingerprint density at radius 2 is 1.70 bits per heavy atom. The molecule has 5 nitrogen and oxygen atoms in total. The van der Waals surface area contributed by atoms with Gasteiger partial charge in [-0.3, -0.25) is 4.79 Å². The highest BCUT2D eigenvalue weighted by Crippen LogP contribution is 2.28. The van der Waals surface area contributed by atoms with Crippen molar-refractivity contribution in [3.63, 3.8) is 0 Å². The zero-order valence-corrected chi connectivity index (χ0v) is 11.9. The van der Waals surface area contributed by atoms with E-state index in [-0.39, 0.29) is 17.9 Å². The van der Waals surface area contributed by atoms with Crippen LogP contribution in [0.2, 0.25) is 5.02 Å². The Balaban J connectivity index is 1.55. The molecule has 0 saturated heterocycles. The summed E-state index contributed by atoms with van der Waals surface area (Å²) in [5.41, 5.74) is 0.978. The molecule has 1 aliphatic rings. The predicted octanol–water partition coefficient (Wildman–Crippen LogP) is 1.67. The van der Waals surface area contributed by atoms with Crippen molar-refractivity contribution in [1.82, 2.24) is 16.0 Å². The second-order valence-electron chi connectivity index (χ2n) is 4.80. The van der Waals surface area contributed by atoms with Gasteiger partial charge in [0.2, 0.25) is 5.91 Å². The number of rotatable bonds is 6. The van der Waals surface area contributed by atoms with E-state index in [2.05, 4.69) is 16.0 Å². The molecule has 0 atom stereocenters. The molecule has 20 heavy (non-hydrogen) atoms. The molecule has 0 heterocycles. The minimum absolute atomic E-state index is 0.0911. The molecule has 0 aromatic heterocycles. The third-order valence-electron chi connectivity index (χ3n) is 3.02. The molecule has 3 amide bonds. The molecule has 3 N–H and O–H groups in total. The van der Waals surface area contributed by atoms with Crippen LogP contribution in [0.25, 0.3) is 0 Å². The summed E-state index contributed by atoms with van der Waals surface area (Å²) in [5.74, 6) is 0.294. The summed E-state index contributed by atoms with van der Waals surface area (Å²) in [5, 5.41) is 8.88. The zero-order valence-electron chi connectivity index (χ0n) is 11.1. The number of benzene rings is 1. The minimum atomic E-state index is -0.249. The SMILES string of the molecule is O=C(NCCNC(=O)C1CC1)NCc1ccc(Cl)cc1. The van der Waals surface area contributed by atoms with E-state index in [1.807, 2.05) is 12.1 Å². The van der Waals surface area contributed by atoms with Crippen LogP contribution in [-0.4, -0.2) is 25.0 Å². The summed E-state index contributed by atoms with van der Waals surface area (Å²) in [6.07, 6.45) is 1.97. The van der Waals surface area contributed by atoms with Crippen molar-refractivity contribution in [2.45, 2.75) is 19.4 Å². The van der Waals surface area contributed by atoms with Crippen molar-refractivity contribution in [2.75, 3.05) is 13.1 Å². The maximum absolute atomic E-state index is 11.5. The fraction of sp³-hybridized carbons (Fsp3) is 0.429. The second-order valence-corrected chi connectivity index (χ2v) is 5.24. The normalized spacial score (nSPS) is 13.7. The highest BCUT2D eigenvalue weighted by molar-refractivity contribution is 6.30. The first kappa shape index (κ1) is 14.7. The molecule has 1 saturated carbocycles. The number of hydrogen-bond donors (Lipinski definition) is 3. The van der Waals surface area contributed by atoms with E-state index in [0.29, 0.717) is 24.7 Å². The number of urea groups is 1. The zero-order chi connectivity index (χ0) is 14.4. The average molecular weight is 296 g/mol. The van der Waals surface area contributed by atoms with Crippen LogP contribution < -0.4 is 16.0 Å². The molecule has 0 spiro atoms. The van der Waals surface area contributed by atoms with E-state index in [4.69, 9.17) is 11.6 Å². The molecule has 6 heteroatoms. The molecule has 2 rings (SSSR count). The number of nitrogens with one attached hydrogen (secondary N) is 3. The van der Waals surface area contributed by atoms with Gasteiger partial charge in [-0.1, -0.05) is 23.7 Å². The van der Waals surface area contributed by atoms with Crippen LogP contribution in [0.4, 0.5) is 4.79 Å². The number of halogens is 1.